The lowest BCUT2D eigenvalue weighted by Crippen LogP contribution is -2.52. The number of carbonyl (C=O) groups is 1. The van der Waals surface area contributed by atoms with Crippen LogP contribution in [-0.2, 0) is 9.53 Å². The van der Waals surface area contributed by atoms with Gasteiger partial charge in [0.05, 0.1) is 5.41 Å². The van der Waals surface area contributed by atoms with Gasteiger partial charge in [0.2, 0.25) is 5.91 Å². The first-order valence-corrected chi connectivity index (χ1v) is 7.65. The van der Waals surface area contributed by atoms with Crippen LogP contribution in [0.25, 0.3) is 0 Å². The zero-order valence-electron chi connectivity index (χ0n) is 10.8. The Morgan fingerprint density at radius 3 is 2.65 bits per heavy atom. The molecule has 0 aromatic carbocycles. The molecule has 0 aromatic rings. The van der Waals surface area contributed by atoms with Gasteiger partial charge in [-0.25, -0.2) is 0 Å². The van der Waals surface area contributed by atoms with Gasteiger partial charge in [-0.3, -0.25) is 4.79 Å². The Hall–Kier alpha value is -0.260. The van der Waals surface area contributed by atoms with Gasteiger partial charge < -0.3 is 15.8 Å². The van der Waals surface area contributed by atoms with E-state index in [1.54, 1.807) is 11.8 Å². The Bertz CT molecular complexity index is 243. The smallest absolute Gasteiger partial charge is 0.227 e. The third kappa shape index (κ3) is 3.86. The van der Waals surface area contributed by atoms with Crippen molar-refractivity contribution in [1.82, 2.24) is 5.32 Å². The monoisotopic (exact) mass is 260 g/mol. The van der Waals surface area contributed by atoms with Crippen molar-refractivity contribution >= 4 is 17.7 Å². The van der Waals surface area contributed by atoms with Gasteiger partial charge in [-0.1, -0.05) is 6.92 Å². The summed E-state index contributed by atoms with van der Waals surface area (Å²) in [4.78, 5) is 12.3. The van der Waals surface area contributed by atoms with E-state index in [1.807, 2.05) is 0 Å². The van der Waals surface area contributed by atoms with E-state index in [1.165, 1.54) is 0 Å². The highest BCUT2D eigenvalue weighted by Gasteiger charge is 2.39. The van der Waals surface area contributed by atoms with Crippen molar-refractivity contribution in [3.05, 3.63) is 0 Å². The normalized spacial score (nSPS) is 20.9. The van der Waals surface area contributed by atoms with E-state index in [4.69, 9.17) is 10.5 Å². The van der Waals surface area contributed by atoms with Gasteiger partial charge in [0.1, 0.15) is 0 Å². The first kappa shape index (κ1) is 14.8. The quantitative estimate of drug-likeness (QED) is 0.748. The highest BCUT2D eigenvalue weighted by molar-refractivity contribution is 7.98. The van der Waals surface area contributed by atoms with Crippen molar-refractivity contribution in [3.63, 3.8) is 0 Å². The van der Waals surface area contributed by atoms with Gasteiger partial charge in [-0.15, -0.1) is 0 Å². The maximum absolute atomic E-state index is 12.3. The van der Waals surface area contributed by atoms with Gasteiger partial charge in [-0.05, 0) is 25.5 Å². The molecule has 1 atom stereocenters. The van der Waals surface area contributed by atoms with Gasteiger partial charge in [-0.2, -0.15) is 11.8 Å². The predicted molar refractivity (Wildman–Crippen MR) is 72.1 cm³/mol. The predicted octanol–water partition coefficient (Wildman–Crippen LogP) is 1.000. The largest absolute Gasteiger partial charge is 0.381 e. The molecular weight excluding hydrogens is 236 g/mol. The molecule has 3 N–H and O–H groups in total. The molecule has 1 aliphatic rings. The minimum Gasteiger partial charge on any atom is -0.381 e. The molecule has 0 spiro atoms. The highest BCUT2D eigenvalue weighted by atomic mass is 32.2. The average Bonchev–Trinajstić information content (AvgIpc) is 2.38. The molecule has 0 bridgehead atoms. The fourth-order valence-corrected chi connectivity index (χ4v) is 2.81. The molecule has 0 aliphatic carbocycles. The van der Waals surface area contributed by atoms with Gasteiger partial charge >= 0.3 is 0 Å². The van der Waals surface area contributed by atoms with Crippen LogP contribution in [0.4, 0.5) is 0 Å². The van der Waals surface area contributed by atoms with E-state index in [0.717, 1.165) is 25.0 Å². The molecule has 1 fully saturated rings. The second-order valence-electron chi connectivity index (χ2n) is 4.63. The summed E-state index contributed by atoms with van der Waals surface area (Å²) in [6, 6.07) is 0.253. The highest BCUT2D eigenvalue weighted by Crippen LogP contribution is 2.29. The number of ether oxygens (including phenoxy) is 1. The molecule has 17 heavy (non-hydrogen) atoms. The summed E-state index contributed by atoms with van der Waals surface area (Å²) in [7, 11) is 0. The number of hydrogen-bond acceptors (Lipinski definition) is 4. The number of amides is 1. The van der Waals surface area contributed by atoms with Crippen molar-refractivity contribution in [1.29, 1.82) is 0 Å². The molecule has 100 valence electrons. The van der Waals surface area contributed by atoms with Crippen molar-refractivity contribution in [3.8, 4) is 0 Å². The Morgan fingerprint density at radius 2 is 2.18 bits per heavy atom. The van der Waals surface area contributed by atoms with Crippen LogP contribution in [0.5, 0.6) is 0 Å². The van der Waals surface area contributed by atoms with Crippen LogP contribution < -0.4 is 11.1 Å². The van der Waals surface area contributed by atoms with Crippen LogP contribution in [0.2, 0.25) is 0 Å². The lowest BCUT2D eigenvalue weighted by Gasteiger charge is -2.35. The van der Waals surface area contributed by atoms with E-state index < -0.39 is 5.41 Å². The number of thioether (sulfide) groups is 1. The fourth-order valence-electron chi connectivity index (χ4n) is 2.09. The first-order valence-electron chi connectivity index (χ1n) is 6.26. The molecule has 1 saturated heterocycles. The summed E-state index contributed by atoms with van der Waals surface area (Å²) < 4.78 is 5.32. The zero-order chi connectivity index (χ0) is 12.7. The maximum atomic E-state index is 12.3. The number of nitrogens with one attached hydrogen (secondary N) is 1. The zero-order valence-corrected chi connectivity index (χ0v) is 11.6. The minimum atomic E-state index is -0.399. The Balaban J connectivity index is 2.58. The Morgan fingerprint density at radius 1 is 1.53 bits per heavy atom. The topological polar surface area (TPSA) is 64.4 Å². The molecule has 1 unspecified atom stereocenters. The van der Waals surface area contributed by atoms with Gasteiger partial charge in [0.25, 0.3) is 0 Å². The second kappa shape index (κ2) is 7.24. The van der Waals surface area contributed by atoms with Crippen molar-refractivity contribution < 1.29 is 9.53 Å². The molecule has 0 aromatic heterocycles. The fraction of sp³-hybridized carbons (Fsp3) is 0.917. The van der Waals surface area contributed by atoms with Crippen LogP contribution in [0.1, 0.15) is 26.2 Å². The van der Waals surface area contributed by atoms with Gasteiger partial charge in [0, 0.05) is 31.6 Å². The Labute approximate surface area is 108 Å². The second-order valence-corrected chi connectivity index (χ2v) is 5.54. The lowest BCUT2D eigenvalue weighted by atomic mass is 9.79. The number of hydrogen-bond donors (Lipinski definition) is 2. The molecule has 1 amide bonds. The van der Waals surface area contributed by atoms with Crippen LogP contribution >= 0.6 is 11.8 Å². The molecule has 1 rings (SSSR count). The van der Waals surface area contributed by atoms with Gasteiger partial charge in [0.15, 0.2) is 0 Å². The number of carbonyl (C=O) groups excluding carboxylic acids is 1. The minimum absolute atomic E-state index is 0.115. The summed E-state index contributed by atoms with van der Waals surface area (Å²) in [5, 5.41) is 3.13. The van der Waals surface area contributed by atoms with E-state index in [2.05, 4.69) is 18.5 Å². The molecular formula is C12H24N2O2S. The van der Waals surface area contributed by atoms with Crippen LogP contribution in [0, 0.1) is 5.41 Å². The maximum Gasteiger partial charge on any atom is 0.227 e. The van der Waals surface area contributed by atoms with E-state index in [0.29, 0.717) is 19.8 Å². The SMILES string of the molecule is CCC(CSC)NC(=O)C1(CN)CCOCC1. The first-order chi connectivity index (χ1) is 8.18. The summed E-state index contributed by atoms with van der Waals surface area (Å²) in [6.45, 7) is 3.80. The lowest BCUT2D eigenvalue weighted by molar-refractivity contribution is -0.136. The van der Waals surface area contributed by atoms with Crippen molar-refractivity contribution in [2.24, 2.45) is 11.1 Å². The van der Waals surface area contributed by atoms with Crippen LogP contribution in [0.15, 0.2) is 0 Å². The summed E-state index contributed by atoms with van der Waals surface area (Å²) in [6.07, 6.45) is 4.50. The van der Waals surface area contributed by atoms with E-state index in [-0.39, 0.29) is 11.9 Å². The standard InChI is InChI=1S/C12H24N2O2S/c1-3-10(8-17-2)14-11(15)12(9-13)4-6-16-7-5-12/h10H,3-9,13H2,1-2H3,(H,14,15). The van der Waals surface area contributed by atoms with Crippen LogP contribution in [0.3, 0.4) is 0 Å². The number of rotatable bonds is 6. The van der Waals surface area contributed by atoms with Crippen molar-refractivity contribution in [2.75, 3.05) is 31.8 Å². The van der Waals surface area contributed by atoms with E-state index in [9.17, 15) is 4.79 Å². The molecule has 0 radical (unpaired) electrons. The summed E-state index contributed by atoms with van der Waals surface area (Å²) >= 11 is 1.76. The summed E-state index contributed by atoms with van der Waals surface area (Å²) in [5.41, 5.74) is 5.41. The van der Waals surface area contributed by atoms with E-state index >= 15 is 0 Å². The number of nitrogens with two attached hydrogens (primary N) is 1. The third-order valence-corrected chi connectivity index (χ3v) is 4.25. The van der Waals surface area contributed by atoms with Crippen LogP contribution in [-0.4, -0.2) is 43.7 Å². The Kier molecular flexibility index (Phi) is 6.30. The third-order valence-electron chi connectivity index (χ3n) is 3.52. The summed E-state index contributed by atoms with van der Waals surface area (Å²) in [5.74, 6) is 1.07. The molecule has 4 nitrogen and oxygen atoms in total. The van der Waals surface area contributed by atoms with Crippen molar-refractivity contribution in [2.45, 2.75) is 32.2 Å². The average molecular weight is 260 g/mol. The molecule has 5 heteroatoms. The molecule has 1 aliphatic heterocycles. The molecule has 0 saturated carbocycles. The molecule has 1 heterocycles.